The lowest BCUT2D eigenvalue weighted by Gasteiger charge is -2.22. The molecule has 0 radical (unpaired) electrons. The molecule has 3 aromatic rings. The molecule has 0 saturated carbocycles. The molecule has 0 spiro atoms. The molecule has 0 aliphatic carbocycles. The lowest BCUT2D eigenvalue weighted by Crippen LogP contribution is -2.32. The highest BCUT2D eigenvalue weighted by Crippen LogP contribution is 2.36. The molecule has 1 aliphatic rings. The number of methoxy groups -OCH3 is 1. The number of hydrogen-bond acceptors (Lipinski definition) is 6. The Labute approximate surface area is 246 Å². The van der Waals surface area contributed by atoms with Crippen LogP contribution in [-0.4, -0.2) is 47.8 Å². The first-order chi connectivity index (χ1) is 19.7. The molecule has 42 heavy (non-hydrogen) atoms. The predicted molar refractivity (Wildman–Crippen MR) is 152 cm³/mol. The van der Waals surface area contributed by atoms with Crippen LogP contribution >= 0.6 is 11.6 Å². The molecule has 0 bridgehead atoms. The molecule has 9 nitrogen and oxygen atoms in total. The predicted octanol–water partition coefficient (Wildman–Crippen LogP) is 5.99. The van der Waals surface area contributed by atoms with Crippen LogP contribution in [0.25, 0.3) is 0 Å². The number of nitrogens with zero attached hydrogens (tertiary/aromatic N) is 1. The number of ether oxygens (including phenoxy) is 1. The van der Waals surface area contributed by atoms with Gasteiger partial charge in [0, 0.05) is 24.5 Å². The number of hydrogen-bond donors (Lipinski definition) is 2. The van der Waals surface area contributed by atoms with Crippen LogP contribution < -0.4 is 14.2 Å². The summed E-state index contributed by atoms with van der Waals surface area (Å²) >= 11 is 5.59. The Morgan fingerprint density at radius 2 is 1.36 bits per heavy atom. The summed E-state index contributed by atoms with van der Waals surface area (Å²) in [6, 6.07) is 11.0. The summed E-state index contributed by atoms with van der Waals surface area (Å²) in [6.45, 7) is 1.12. The van der Waals surface area contributed by atoms with Crippen molar-refractivity contribution in [2.75, 3.05) is 29.6 Å². The van der Waals surface area contributed by atoms with Gasteiger partial charge in [0.1, 0.15) is 5.75 Å². The minimum Gasteiger partial charge on any atom is -0.496 e. The topological polar surface area (TPSA) is 122 Å². The molecule has 1 fully saturated rings. The highest BCUT2D eigenvalue weighted by Gasteiger charge is 2.34. The van der Waals surface area contributed by atoms with Crippen molar-refractivity contribution >= 4 is 48.9 Å². The Kier molecular flexibility index (Phi) is 9.28. The van der Waals surface area contributed by atoms with Gasteiger partial charge in [0.05, 0.1) is 33.1 Å². The maximum absolute atomic E-state index is 13.2. The fourth-order valence-corrected chi connectivity index (χ4v) is 6.76. The van der Waals surface area contributed by atoms with Crippen LogP contribution in [0.1, 0.15) is 41.6 Å². The number of sulfonamides is 2. The van der Waals surface area contributed by atoms with Gasteiger partial charge in [-0.25, -0.2) is 16.8 Å². The van der Waals surface area contributed by atoms with E-state index >= 15 is 0 Å². The van der Waals surface area contributed by atoms with Crippen LogP contribution in [-0.2, 0) is 26.2 Å². The minimum atomic E-state index is -4.79. The van der Waals surface area contributed by atoms with Gasteiger partial charge < -0.3 is 9.64 Å². The number of halogens is 4. The summed E-state index contributed by atoms with van der Waals surface area (Å²) in [5.74, 6) is -0.107. The van der Waals surface area contributed by atoms with E-state index in [0.29, 0.717) is 19.2 Å². The average Bonchev–Trinajstić information content (AvgIpc) is 3.22. The Bertz CT molecular complexity index is 1670. The molecule has 226 valence electrons. The first-order valence-corrected chi connectivity index (χ1v) is 16.1. The molecule has 1 amide bonds. The molecular formula is C27H27ClF3N3O6S2. The molecule has 2 N–H and O–H groups in total. The van der Waals surface area contributed by atoms with Crippen molar-refractivity contribution in [3.05, 3.63) is 76.8 Å². The Morgan fingerprint density at radius 3 is 1.95 bits per heavy atom. The van der Waals surface area contributed by atoms with E-state index in [1.807, 2.05) is 0 Å². The molecule has 0 unspecified atom stereocenters. The standard InChI is InChI=1S/C27H27ClF3N3O6S2/c1-40-25-13-11-21(17-22(25)26(35)34-14-4-2-3-5-15-34)42(38,39)32-18-6-9-20(10-7-18)41(36,37)33-19-8-12-24(28)23(16-19)27(29,30)31/h6-13,16-17,32-33H,2-5,14-15H2,1H3. The molecule has 1 aliphatic heterocycles. The second-order valence-corrected chi connectivity index (χ2v) is 13.3. The van der Waals surface area contributed by atoms with Crippen LogP contribution in [0.2, 0.25) is 5.02 Å². The third kappa shape index (κ3) is 7.28. The van der Waals surface area contributed by atoms with E-state index in [9.17, 15) is 34.8 Å². The molecule has 0 aromatic heterocycles. The molecule has 0 atom stereocenters. The summed E-state index contributed by atoms with van der Waals surface area (Å²) in [6.07, 6.45) is -1.07. The zero-order valence-corrected chi connectivity index (χ0v) is 24.6. The van der Waals surface area contributed by atoms with Gasteiger partial charge in [-0.15, -0.1) is 0 Å². The van der Waals surface area contributed by atoms with Crippen LogP contribution in [0.3, 0.4) is 0 Å². The van der Waals surface area contributed by atoms with Gasteiger partial charge in [-0.1, -0.05) is 24.4 Å². The van der Waals surface area contributed by atoms with Crippen molar-refractivity contribution in [3.8, 4) is 5.75 Å². The highest BCUT2D eigenvalue weighted by atomic mass is 35.5. The summed E-state index contributed by atoms with van der Waals surface area (Å²) < 4.78 is 101. The monoisotopic (exact) mass is 645 g/mol. The van der Waals surface area contributed by atoms with E-state index in [-0.39, 0.29) is 38.4 Å². The first-order valence-electron chi connectivity index (χ1n) is 12.7. The van der Waals surface area contributed by atoms with Crippen molar-refractivity contribution in [1.82, 2.24) is 4.90 Å². The third-order valence-electron chi connectivity index (χ3n) is 6.55. The second-order valence-electron chi connectivity index (χ2n) is 9.50. The number of benzene rings is 3. The molecule has 1 saturated heterocycles. The minimum absolute atomic E-state index is 0.0102. The van der Waals surface area contributed by atoms with E-state index in [0.717, 1.165) is 49.9 Å². The van der Waals surface area contributed by atoms with Crippen molar-refractivity contribution < 1.29 is 39.5 Å². The van der Waals surface area contributed by atoms with Crippen LogP contribution in [0.15, 0.2) is 70.5 Å². The van der Waals surface area contributed by atoms with Gasteiger partial charge in [-0.2, -0.15) is 13.2 Å². The zero-order chi connectivity index (χ0) is 30.7. The number of carbonyl (C=O) groups is 1. The van der Waals surface area contributed by atoms with Crippen molar-refractivity contribution in [2.45, 2.75) is 41.7 Å². The van der Waals surface area contributed by atoms with Gasteiger partial charge in [0.25, 0.3) is 26.0 Å². The number of carbonyl (C=O) groups excluding carboxylic acids is 1. The molecular weight excluding hydrogens is 619 g/mol. The summed E-state index contributed by atoms with van der Waals surface area (Å²) in [5.41, 5.74) is -1.45. The second kappa shape index (κ2) is 12.4. The van der Waals surface area contributed by atoms with E-state index < -0.39 is 36.8 Å². The first kappa shape index (κ1) is 31.4. The van der Waals surface area contributed by atoms with E-state index in [1.54, 1.807) is 4.90 Å². The fourth-order valence-electron chi connectivity index (χ4n) is 4.40. The van der Waals surface area contributed by atoms with Crippen molar-refractivity contribution in [3.63, 3.8) is 0 Å². The maximum atomic E-state index is 13.2. The zero-order valence-electron chi connectivity index (χ0n) is 22.2. The fraction of sp³-hybridized carbons (Fsp3) is 0.296. The molecule has 15 heteroatoms. The quantitative estimate of drug-likeness (QED) is 0.311. The van der Waals surface area contributed by atoms with E-state index in [1.165, 1.54) is 37.4 Å². The third-order valence-corrected chi connectivity index (χ3v) is 9.65. The lowest BCUT2D eigenvalue weighted by atomic mass is 10.1. The smallest absolute Gasteiger partial charge is 0.417 e. The lowest BCUT2D eigenvalue weighted by molar-refractivity contribution is -0.137. The normalized spacial score (nSPS) is 14.6. The van der Waals surface area contributed by atoms with Gasteiger partial charge in [-0.3, -0.25) is 14.2 Å². The Morgan fingerprint density at radius 1 is 0.810 bits per heavy atom. The summed E-state index contributed by atoms with van der Waals surface area (Å²) in [7, 11) is -7.16. The number of alkyl halides is 3. The number of amides is 1. The molecule has 4 rings (SSSR count). The summed E-state index contributed by atoms with van der Waals surface area (Å²) in [4.78, 5) is 14.4. The van der Waals surface area contributed by atoms with E-state index in [2.05, 4.69) is 9.44 Å². The number of rotatable bonds is 8. The number of likely N-dealkylation sites (tertiary alicyclic amines) is 1. The van der Waals surface area contributed by atoms with Gasteiger partial charge in [-0.05, 0) is 73.5 Å². The van der Waals surface area contributed by atoms with Gasteiger partial charge in [0.15, 0.2) is 0 Å². The number of anilines is 2. The molecule has 3 aromatic carbocycles. The molecule has 1 heterocycles. The van der Waals surface area contributed by atoms with E-state index in [4.69, 9.17) is 16.3 Å². The van der Waals surface area contributed by atoms with Gasteiger partial charge >= 0.3 is 6.18 Å². The summed E-state index contributed by atoms with van der Waals surface area (Å²) in [5, 5.41) is -0.586. The number of nitrogens with one attached hydrogen (secondary N) is 2. The van der Waals surface area contributed by atoms with Crippen LogP contribution in [0.4, 0.5) is 24.5 Å². The van der Waals surface area contributed by atoms with Crippen molar-refractivity contribution in [2.24, 2.45) is 0 Å². The van der Waals surface area contributed by atoms with Gasteiger partial charge in [0.2, 0.25) is 0 Å². The van der Waals surface area contributed by atoms with Crippen LogP contribution in [0.5, 0.6) is 5.75 Å². The Hall–Kier alpha value is -3.49. The highest BCUT2D eigenvalue weighted by molar-refractivity contribution is 7.93. The Balaban J connectivity index is 1.53. The average molecular weight is 646 g/mol. The largest absolute Gasteiger partial charge is 0.496 e. The van der Waals surface area contributed by atoms with Crippen LogP contribution in [0, 0.1) is 0 Å². The SMILES string of the molecule is COc1ccc(S(=O)(=O)Nc2ccc(S(=O)(=O)Nc3ccc(Cl)c(C(F)(F)F)c3)cc2)cc1C(=O)N1CCCCCC1. The maximum Gasteiger partial charge on any atom is 0.417 e. The van der Waals surface area contributed by atoms with Crippen molar-refractivity contribution in [1.29, 1.82) is 0 Å².